The number of nitrogens with zero attached hydrogens (tertiary/aromatic N) is 2. The highest BCUT2D eigenvalue weighted by Gasteiger charge is 2.12. The first-order chi connectivity index (χ1) is 7.26. The molecule has 1 atom stereocenters. The maximum atomic E-state index is 4.45. The molecule has 0 saturated carbocycles. The Kier molecular flexibility index (Phi) is 4.82. The lowest BCUT2D eigenvalue weighted by molar-refractivity contribution is 0.427. The summed E-state index contributed by atoms with van der Waals surface area (Å²) >= 11 is 0. The highest BCUT2D eigenvalue weighted by molar-refractivity contribution is 5.10. The summed E-state index contributed by atoms with van der Waals surface area (Å²) in [6.07, 6.45) is 7.57. The molecular weight excluding hydrogens is 186 g/mol. The van der Waals surface area contributed by atoms with Crippen LogP contribution in [0.15, 0.2) is 12.4 Å². The molecule has 86 valence electrons. The Bertz CT molecular complexity index is 246. The molecule has 1 aromatic heterocycles. The summed E-state index contributed by atoms with van der Waals surface area (Å²) in [7, 11) is 2.00. The first kappa shape index (κ1) is 12.2. The lowest BCUT2D eigenvalue weighted by Gasteiger charge is -2.13. The van der Waals surface area contributed by atoms with Crippen LogP contribution < -0.4 is 5.32 Å². The number of hydrogen-bond acceptors (Lipinski definition) is 2. The van der Waals surface area contributed by atoms with Gasteiger partial charge in [-0.1, -0.05) is 20.8 Å². The van der Waals surface area contributed by atoms with Crippen molar-refractivity contribution in [2.45, 2.75) is 52.1 Å². The Labute approximate surface area is 92.9 Å². The van der Waals surface area contributed by atoms with Gasteiger partial charge in [0, 0.05) is 17.8 Å². The van der Waals surface area contributed by atoms with E-state index in [1.165, 1.54) is 5.56 Å². The molecule has 0 amide bonds. The summed E-state index contributed by atoms with van der Waals surface area (Å²) in [4.78, 5) is 0. The van der Waals surface area contributed by atoms with Gasteiger partial charge >= 0.3 is 0 Å². The van der Waals surface area contributed by atoms with Gasteiger partial charge in [-0.3, -0.25) is 4.68 Å². The van der Waals surface area contributed by atoms with Crippen molar-refractivity contribution < 1.29 is 0 Å². The van der Waals surface area contributed by atoms with E-state index in [2.05, 4.69) is 42.1 Å². The normalized spacial score (nSPS) is 13.4. The van der Waals surface area contributed by atoms with Gasteiger partial charge in [-0.15, -0.1) is 0 Å². The second-order valence-corrected chi connectivity index (χ2v) is 3.97. The smallest absolute Gasteiger partial charge is 0.0537 e. The predicted octanol–water partition coefficient (Wildman–Crippen LogP) is 2.91. The number of rotatable bonds is 6. The molecule has 0 aromatic carbocycles. The van der Waals surface area contributed by atoms with Crippen LogP contribution in [-0.4, -0.2) is 16.8 Å². The van der Waals surface area contributed by atoms with Gasteiger partial charge in [-0.2, -0.15) is 5.10 Å². The van der Waals surface area contributed by atoms with Crippen LogP contribution in [0.1, 0.15) is 57.7 Å². The van der Waals surface area contributed by atoms with Crippen LogP contribution in [0.5, 0.6) is 0 Å². The third kappa shape index (κ3) is 2.81. The van der Waals surface area contributed by atoms with Crippen LogP contribution in [0, 0.1) is 0 Å². The molecule has 3 heteroatoms. The van der Waals surface area contributed by atoms with E-state index < -0.39 is 0 Å². The van der Waals surface area contributed by atoms with E-state index in [1.807, 2.05) is 13.2 Å². The highest BCUT2D eigenvalue weighted by Crippen LogP contribution is 2.19. The van der Waals surface area contributed by atoms with Crippen molar-refractivity contribution in [1.29, 1.82) is 0 Å². The molecule has 0 saturated heterocycles. The van der Waals surface area contributed by atoms with Crippen molar-refractivity contribution in [3.8, 4) is 0 Å². The largest absolute Gasteiger partial charge is 0.313 e. The summed E-state index contributed by atoms with van der Waals surface area (Å²) < 4.78 is 2.11. The topological polar surface area (TPSA) is 29.9 Å². The molecule has 1 aromatic rings. The van der Waals surface area contributed by atoms with Gasteiger partial charge in [0.2, 0.25) is 0 Å². The summed E-state index contributed by atoms with van der Waals surface area (Å²) in [6.45, 7) is 6.62. The molecule has 0 aliphatic heterocycles. The Morgan fingerprint density at radius 1 is 1.27 bits per heavy atom. The Morgan fingerprint density at radius 2 is 1.93 bits per heavy atom. The van der Waals surface area contributed by atoms with E-state index in [-0.39, 0.29) is 0 Å². The maximum absolute atomic E-state index is 4.45. The van der Waals surface area contributed by atoms with Crippen molar-refractivity contribution in [1.82, 2.24) is 15.1 Å². The number of nitrogens with one attached hydrogen (secondary N) is 1. The zero-order valence-electron chi connectivity index (χ0n) is 10.3. The third-order valence-corrected chi connectivity index (χ3v) is 3.10. The van der Waals surface area contributed by atoms with Crippen molar-refractivity contribution >= 4 is 0 Å². The van der Waals surface area contributed by atoms with Crippen LogP contribution in [0.3, 0.4) is 0 Å². The van der Waals surface area contributed by atoms with Crippen LogP contribution in [0.2, 0.25) is 0 Å². The van der Waals surface area contributed by atoms with Crippen LogP contribution in [0.25, 0.3) is 0 Å². The minimum atomic E-state index is 0.438. The van der Waals surface area contributed by atoms with Crippen molar-refractivity contribution in [2.75, 3.05) is 7.05 Å². The molecule has 1 rings (SSSR count). The zero-order valence-corrected chi connectivity index (χ0v) is 10.3. The van der Waals surface area contributed by atoms with Gasteiger partial charge in [0.25, 0.3) is 0 Å². The second-order valence-electron chi connectivity index (χ2n) is 3.97. The highest BCUT2D eigenvalue weighted by atomic mass is 15.3. The monoisotopic (exact) mass is 209 g/mol. The SMILES string of the molecule is CCC(NC)c1cnn(C(CC)CC)c1. The molecule has 1 N–H and O–H groups in total. The average Bonchev–Trinajstić information content (AvgIpc) is 2.71. The zero-order chi connectivity index (χ0) is 11.3. The van der Waals surface area contributed by atoms with Crippen molar-refractivity contribution in [3.63, 3.8) is 0 Å². The predicted molar refractivity (Wildman–Crippen MR) is 63.9 cm³/mol. The molecule has 3 nitrogen and oxygen atoms in total. The van der Waals surface area contributed by atoms with E-state index in [0.717, 1.165) is 19.3 Å². The van der Waals surface area contributed by atoms with Gasteiger partial charge < -0.3 is 5.32 Å². The molecule has 0 bridgehead atoms. The van der Waals surface area contributed by atoms with E-state index >= 15 is 0 Å². The van der Waals surface area contributed by atoms with Gasteiger partial charge in [0.1, 0.15) is 0 Å². The summed E-state index contributed by atoms with van der Waals surface area (Å²) in [5, 5.41) is 7.75. The lowest BCUT2D eigenvalue weighted by Crippen LogP contribution is -2.14. The molecule has 0 aliphatic rings. The number of hydrogen-bond donors (Lipinski definition) is 1. The molecule has 0 fully saturated rings. The van der Waals surface area contributed by atoms with E-state index in [1.54, 1.807) is 0 Å². The Morgan fingerprint density at radius 3 is 2.40 bits per heavy atom. The van der Waals surface area contributed by atoms with E-state index in [9.17, 15) is 0 Å². The number of aromatic nitrogens is 2. The van der Waals surface area contributed by atoms with E-state index in [0.29, 0.717) is 12.1 Å². The standard InChI is InChI=1S/C12H23N3/c1-5-11(6-2)15-9-10(8-14-15)12(7-3)13-4/h8-9,11-13H,5-7H2,1-4H3. The fraction of sp³-hybridized carbons (Fsp3) is 0.750. The van der Waals surface area contributed by atoms with Gasteiger partial charge in [-0.25, -0.2) is 0 Å². The Balaban J connectivity index is 2.78. The molecule has 15 heavy (non-hydrogen) atoms. The van der Waals surface area contributed by atoms with E-state index in [4.69, 9.17) is 0 Å². The first-order valence-corrected chi connectivity index (χ1v) is 5.98. The third-order valence-electron chi connectivity index (χ3n) is 3.10. The molecule has 1 unspecified atom stereocenters. The van der Waals surface area contributed by atoms with Gasteiger partial charge in [0.05, 0.1) is 12.2 Å². The van der Waals surface area contributed by atoms with Crippen LogP contribution in [-0.2, 0) is 0 Å². The fourth-order valence-corrected chi connectivity index (χ4v) is 2.00. The van der Waals surface area contributed by atoms with Crippen molar-refractivity contribution in [2.24, 2.45) is 0 Å². The molecule has 0 spiro atoms. The van der Waals surface area contributed by atoms with Gasteiger partial charge in [-0.05, 0) is 26.3 Å². The molecule has 1 heterocycles. The summed E-state index contributed by atoms with van der Waals surface area (Å²) in [5.74, 6) is 0. The minimum Gasteiger partial charge on any atom is -0.313 e. The average molecular weight is 209 g/mol. The maximum Gasteiger partial charge on any atom is 0.0537 e. The summed E-state index contributed by atoms with van der Waals surface area (Å²) in [5.41, 5.74) is 1.30. The first-order valence-electron chi connectivity index (χ1n) is 5.98. The summed E-state index contributed by atoms with van der Waals surface area (Å²) in [6, 6.07) is 0.987. The Hall–Kier alpha value is -0.830. The molecule has 0 radical (unpaired) electrons. The minimum absolute atomic E-state index is 0.438. The quantitative estimate of drug-likeness (QED) is 0.780. The van der Waals surface area contributed by atoms with Gasteiger partial charge in [0.15, 0.2) is 0 Å². The molecular formula is C12H23N3. The second kappa shape index (κ2) is 5.91. The molecule has 0 aliphatic carbocycles. The van der Waals surface area contributed by atoms with Crippen molar-refractivity contribution in [3.05, 3.63) is 18.0 Å². The lowest BCUT2D eigenvalue weighted by atomic mass is 10.1. The fourth-order valence-electron chi connectivity index (χ4n) is 2.00. The van der Waals surface area contributed by atoms with Crippen LogP contribution in [0.4, 0.5) is 0 Å². The van der Waals surface area contributed by atoms with Crippen LogP contribution >= 0.6 is 0 Å².